The molecule has 0 saturated heterocycles. The maximum absolute atomic E-state index is 12.5. The van der Waals surface area contributed by atoms with Gasteiger partial charge in [-0.15, -0.1) is 11.3 Å². The number of halogens is 3. The Bertz CT molecular complexity index is 859. The zero-order chi connectivity index (χ0) is 17.9. The highest BCUT2D eigenvalue weighted by atomic mass is 32.1. The molecule has 0 fully saturated rings. The van der Waals surface area contributed by atoms with Crippen LogP contribution in [0.2, 0.25) is 0 Å². The van der Waals surface area contributed by atoms with Crippen LogP contribution in [0.5, 0.6) is 0 Å². The Hall–Kier alpha value is -2.68. The van der Waals surface area contributed by atoms with Crippen LogP contribution >= 0.6 is 11.3 Å². The molecular weight excluding hydrogens is 355 g/mol. The van der Waals surface area contributed by atoms with Gasteiger partial charge in [0, 0.05) is 36.3 Å². The molecule has 130 valence electrons. The maximum Gasteiger partial charge on any atom is 0.434 e. The van der Waals surface area contributed by atoms with Crippen molar-refractivity contribution in [2.45, 2.75) is 12.6 Å². The number of alkyl halides is 3. The zero-order valence-electron chi connectivity index (χ0n) is 12.7. The van der Waals surface area contributed by atoms with Crippen molar-refractivity contribution in [3.05, 3.63) is 58.5 Å². The zero-order valence-corrected chi connectivity index (χ0v) is 13.5. The summed E-state index contributed by atoms with van der Waals surface area (Å²) in [5, 5.41) is 3.87. The molecule has 0 aliphatic rings. The number of amides is 1. The molecule has 3 aromatic rings. The summed E-state index contributed by atoms with van der Waals surface area (Å²) < 4.78 is 42.9. The van der Waals surface area contributed by atoms with E-state index in [1.807, 2.05) is 0 Å². The first-order valence-electron chi connectivity index (χ1n) is 7.23. The highest BCUT2D eigenvalue weighted by molar-refractivity contribution is 7.09. The number of nitrogens with zero attached hydrogens (tertiary/aromatic N) is 2. The first-order chi connectivity index (χ1) is 11.9. The van der Waals surface area contributed by atoms with E-state index in [-0.39, 0.29) is 18.7 Å². The van der Waals surface area contributed by atoms with E-state index in [0.29, 0.717) is 10.8 Å². The normalized spacial score (nSPS) is 11.5. The minimum absolute atomic E-state index is 0.119. The van der Waals surface area contributed by atoms with Gasteiger partial charge in [0.15, 0.2) is 11.5 Å². The third kappa shape index (κ3) is 4.24. The van der Waals surface area contributed by atoms with E-state index >= 15 is 0 Å². The Morgan fingerprint density at radius 1 is 1.28 bits per heavy atom. The summed E-state index contributed by atoms with van der Waals surface area (Å²) in [6, 6.07) is 6.74. The average molecular weight is 367 g/mol. The van der Waals surface area contributed by atoms with Crippen molar-refractivity contribution in [3.63, 3.8) is 0 Å². The molecule has 3 heterocycles. The minimum atomic E-state index is -4.45. The van der Waals surface area contributed by atoms with E-state index in [0.717, 1.165) is 22.3 Å². The third-order valence-electron chi connectivity index (χ3n) is 3.24. The highest BCUT2D eigenvalue weighted by Gasteiger charge is 2.33. The molecule has 0 aliphatic carbocycles. The third-order valence-corrected chi connectivity index (χ3v) is 4.15. The lowest BCUT2D eigenvalue weighted by Gasteiger charge is -2.02. The minimum Gasteiger partial charge on any atom is -0.451 e. The van der Waals surface area contributed by atoms with E-state index in [2.05, 4.69) is 15.3 Å². The summed E-state index contributed by atoms with van der Waals surface area (Å²) in [6.07, 6.45) is -0.998. The molecule has 25 heavy (non-hydrogen) atoms. The predicted molar refractivity (Wildman–Crippen MR) is 85.1 cm³/mol. The predicted octanol–water partition coefficient (Wildman–Crippen LogP) is 3.79. The van der Waals surface area contributed by atoms with Gasteiger partial charge in [-0.1, -0.05) is 0 Å². The molecule has 1 amide bonds. The van der Waals surface area contributed by atoms with E-state index in [9.17, 15) is 18.0 Å². The van der Waals surface area contributed by atoms with E-state index in [1.54, 1.807) is 30.6 Å². The van der Waals surface area contributed by atoms with Gasteiger partial charge < -0.3 is 9.73 Å². The maximum atomic E-state index is 12.5. The summed E-state index contributed by atoms with van der Waals surface area (Å²) in [7, 11) is 0. The van der Waals surface area contributed by atoms with Gasteiger partial charge in [-0.2, -0.15) is 13.2 Å². The van der Waals surface area contributed by atoms with Gasteiger partial charge in [0.25, 0.3) is 5.91 Å². The number of hydrogen-bond acceptors (Lipinski definition) is 5. The van der Waals surface area contributed by atoms with Crippen molar-refractivity contribution in [2.75, 3.05) is 6.54 Å². The molecule has 0 bridgehead atoms. The van der Waals surface area contributed by atoms with Crippen molar-refractivity contribution in [3.8, 4) is 11.3 Å². The van der Waals surface area contributed by atoms with Crippen molar-refractivity contribution in [2.24, 2.45) is 0 Å². The topological polar surface area (TPSA) is 68.0 Å². The van der Waals surface area contributed by atoms with Crippen molar-refractivity contribution < 1.29 is 22.4 Å². The molecule has 0 spiro atoms. The first kappa shape index (κ1) is 17.2. The van der Waals surface area contributed by atoms with Gasteiger partial charge in [-0.3, -0.25) is 9.78 Å². The van der Waals surface area contributed by atoms with Crippen molar-refractivity contribution in [1.82, 2.24) is 15.3 Å². The second kappa shape index (κ2) is 7.06. The number of pyridine rings is 1. The molecule has 0 unspecified atom stereocenters. The molecule has 0 aliphatic heterocycles. The van der Waals surface area contributed by atoms with E-state index in [1.165, 1.54) is 6.07 Å². The summed E-state index contributed by atoms with van der Waals surface area (Å²) >= 11 is 0.912. The van der Waals surface area contributed by atoms with Crippen LogP contribution in [0.25, 0.3) is 11.3 Å². The van der Waals surface area contributed by atoms with Crippen molar-refractivity contribution in [1.29, 1.82) is 0 Å². The molecular formula is C16H12F3N3O2S. The molecule has 0 saturated carbocycles. The lowest BCUT2D eigenvalue weighted by molar-refractivity contribution is -0.140. The van der Waals surface area contributed by atoms with Crippen LogP contribution in [0.3, 0.4) is 0 Å². The number of rotatable bonds is 5. The van der Waals surface area contributed by atoms with Crippen LogP contribution in [-0.4, -0.2) is 22.4 Å². The lowest BCUT2D eigenvalue weighted by atomic mass is 10.2. The van der Waals surface area contributed by atoms with Crippen LogP contribution in [0.1, 0.15) is 21.3 Å². The number of nitrogens with one attached hydrogen (secondary N) is 1. The fraction of sp³-hybridized carbons (Fsp3) is 0.188. The Morgan fingerprint density at radius 2 is 2.12 bits per heavy atom. The fourth-order valence-corrected chi connectivity index (χ4v) is 2.85. The summed E-state index contributed by atoms with van der Waals surface area (Å²) in [4.78, 5) is 19.5. The molecule has 9 heteroatoms. The van der Waals surface area contributed by atoms with Crippen LogP contribution in [0.15, 0.2) is 46.5 Å². The number of thiazole rings is 1. The summed E-state index contributed by atoms with van der Waals surface area (Å²) in [5.41, 5.74) is -0.171. The number of aromatic nitrogens is 2. The smallest absolute Gasteiger partial charge is 0.434 e. The second-order valence-corrected chi connectivity index (χ2v) is 5.98. The standard InChI is InChI=1S/C16H12F3N3O2S/c17-16(18,19)13-9-25-14(22-13)5-7-21-15(23)12-4-3-11(24-12)10-2-1-6-20-8-10/h1-4,6,8-9H,5,7H2,(H,21,23). The van der Waals surface area contributed by atoms with E-state index in [4.69, 9.17) is 4.42 Å². The summed E-state index contributed by atoms with van der Waals surface area (Å²) in [5.74, 6) is 0.185. The van der Waals surface area contributed by atoms with Gasteiger partial charge >= 0.3 is 6.18 Å². The molecule has 5 nitrogen and oxygen atoms in total. The molecule has 0 atom stereocenters. The van der Waals surface area contributed by atoms with Gasteiger partial charge in [-0.05, 0) is 24.3 Å². The molecule has 3 aromatic heterocycles. The molecule has 3 rings (SSSR count). The average Bonchev–Trinajstić information content (AvgIpc) is 3.25. The monoisotopic (exact) mass is 367 g/mol. The molecule has 0 aromatic carbocycles. The Kier molecular flexibility index (Phi) is 4.84. The SMILES string of the molecule is O=C(NCCc1nc(C(F)(F)F)cs1)c1ccc(-c2cccnc2)o1. The quantitative estimate of drug-likeness (QED) is 0.745. The van der Waals surface area contributed by atoms with Crippen molar-refractivity contribution >= 4 is 17.2 Å². The van der Waals surface area contributed by atoms with Gasteiger partial charge in [-0.25, -0.2) is 4.98 Å². The van der Waals surface area contributed by atoms with E-state index < -0.39 is 17.8 Å². The first-order valence-corrected chi connectivity index (χ1v) is 8.11. The number of furan rings is 1. The largest absolute Gasteiger partial charge is 0.451 e. The molecule has 0 radical (unpaired) electrons. The van der Waals surface area contributed by atoms with Gasteiger partial charge in [0.05, 0.1) is 5.01 Å². The number of carbonyl (C=O) groups is 1. The van der Waals surface area contributed by atoms with Crippen LogP contribution in [0.4, 0.5) is 13.2 Å². The second-order valence-electron chi connectivity index (χ2n) is 5.04. The number of hydrogen-bond donors (Lipinski definition) is 1. The Balaban J connectivity index is 1.55. The Morgan fingerprint density at radius 3 is 2.80 bits per heavy atom. The Labute approximate surface area is 144 Å². The van der Waals surface area contributed by atoms with Gasteiger partial charge in [0.1, 0.15) is 5.76 Å². The molecule has 1 N–H and O–H groups in total. The fourth-order valence-electron chi connectivity index (χ4n) is 2.05. The highest BCUT2D eigenvalue weighted by Crippen LogP contribution is 2.30. The lowest BCUT2D eigenvalue weighted by Crippen LogP contribution is -2.25. The summed E-state index contributed by atoms with van der Waals surface area (Å²) in [6.45, 7) is 0.159. The number of carbonyl (C=O) groups excluding carboxylic acids is 1. The van der Waals surface area contributed by atoms with Crippen LogP contribution in [0, 0.1) is 0 Å². The van der Waals surface area contributed by atoms with Crippen LogP contribution < -0.4 is 5.32 Å². The van der Waals surface area contributed by atoms with Gasteiger partial charge in [0.2, 0.25) is 0 Å². The van der Waals surface area contributed by atoms with Crippen LogP contribution in [-0.2, 0) is 12.6 Å².